The Labute approximate surface area is 217 Å². The van der Waals surface area contributed by atoms with Crippen LogP contribution in [0.15, 0.2) is 48.6 Å². The zero-order valence-corrected chi connectivity index (χ0v) is 20.8. The maximum atomic E-state index is 13.1. The second kappa shape index (κ2) is 8.46. The van der Waals surface area contributed by atoms with Crippen molar-refractivity contribution in [1.29, 1.82) is 0 Å². The highest BCUT2D eigenvalue weighted by atomic mass is 35.5. The van der Waals surface area contributed by atoms with Crippen LogP contribution in [-0.2, 0) is 19.2 Å². The van der Waals surface area contributed by atoms with Crippen LogP contribution in [0.2, 0.25) is 10.0 Å². The molecule has 2 aromatic rings. The molecule has 3 fully saturated rings. The number of imide groups is 1. The Balaban J connectivity index is 1.16. The number of allylic oxidation sites excluding steroid dienone is 2. The quantitative estimate of drug-likeness (QED) is 0.253. The molecule has 36 heavy (non-hydrogen) atoms. The molecule has 0 radical (unpaired) electrons. The predicted molar refractivity (Wildman–Crippen MR) is 134 cm³/mol. The summed E-state index contributed by atoms with van der Waals surface area (Å²) >= 11 is 12.3. The summed E-state index contributed by atoms with van der Waals surface area (Å²) in [6, 6.07) is 9.67. The third kappa shape index (κ3) is 3.56. The van der Waals surface area contributed by atoms with E-state index in [1.807, 2.05) is 0 Å². The summed E-state index contributed by atoms with van der Waals surface area (Å²) in [6.45, 7) is 1.90. The van der Waals surface area contributed by atoms with Gasteiger partial charge in [-0.05, 0) is 67.1 Å². The van der Waals surface area contributed by atoms with Crippen LogP contribution in [0.25, 0.3) is 0 Å². The zero-order chi connectivity index (χ0) is 25.3. The van der Waals surface area contributed by atoms with Gasteiger partial charge in [-0.25, -0.2) is 4.90 Å². The number of ether oxygens (including phenoxy) is 1. The number of anilines is 2. The Kier molecular flexibility index (Phi) is 5.46. The molecule has 7 nitrogen and oxygen atoms in total. The highest BCUT2D eigenvalue weighted by Crippen LogP contribution is 2.53. The van der Waals surface area contributed by atoms with E-state index in [0.717, 1.165) is 6.42 Å². The van der Waals surface area contributed by atoms with Crippen LogP contribution in [0.5, 0.6) is 5.75 Å². The van der Waals surface area contributed by atoms with Crippen LogP contribution < -0.4 is 14.5 Å². The van der Waals surface area contributed by atoms with E-state index in [4.69, 9.17) is 27.9 Å². The van der Waals surface area contributed by atoms with Gasteiger partial charge in [-0.15, -0.1) is 0 Å². The summed E-state index contributed by atoms with van der Waals surface area (Å²) in [7, 11) is 0. The summed E-state index contributed by atoms with van der Waals surface area (Å²) in [5, 5.41) is 0.804. The first-order valence-electron chi connectivity index (χ1n) is 11.9. The highest BCUT2D eigenvalue weighted by Gasteiger charge is 2.59. The number of halogens is 2. The fourth-order valence-electron chi connectivity index (χ4n) is 6.07. The van der Waals surface area contributed by atoms with Crippen molar-refractivity contribution >= 4 is 58.3 Å². The Bertz CT molecular complexity index is 1340. The summed E-state index contributed by atoms with van der Waals surface area (Å²) in [4.78, 5) is 54.5. The number of rotatable bonds is 4. The number of fused-ring (bicyclic) bond motifs is 5. The molecule has 1 saturated carbocycles. The lowest BCUT2D eigenvalue weighted by Crippen LogP contribution is -2.33. The molecule has 9 heteroatoms. The van der Waals surface area contributed by atoms with E-state index in [1.165, 1.54) is 9.80 Å². The Morgan fingerprint density at radius 2 is 1.64 bits per heavy atom. The van der Waals surface area contributed by atoms with E-state index in [2.05, 4.69) is 12.2 Å². The molecule has 184 valence electrons. The van der Waals surface area contributed by atoms with Crippen molar-refractivity contribution in [2.24, 2.45) is 29.6 Å². The molecule has 2 heterocycles. The molecule has 0 unspecified atom stereocenters. The SMILES string of the molecule is Cc1cc(OC(=O)[C@H]2CC(=O)N(c3cc(Cl)ccc3Cl)C2)ccc1N1C(=O)[C@@H]2[C@H](C1=O)[C@H]1C=C[C@H]2C1. The minimum absolute atomic E-state index is 0.00529. The molecule has 3 amide bonds. The molecule has 2 saturated heterocycles. The van der Waals surface area contributed by atoms with Crippen molar-refractivity contribution in [3.63, 3.8) is 0 Å². The lowest BCUT2D eigenvalue weighted by molar-refractivity contribution is -0.139. The van der Waals surface area contributed by atoms with E-state index < -0.39 is 11.9 Å². The number of benzene rings is 2. The fraction of sp³-hybridized carbons (Fsp3) is 0.333. The maximum Gasteiger partial charge on any atom is 0.316 e. The predicted octanol–water partition coefficient (Wildman–Crippen LogP) is 4.57. The Morgan fingerprint density at radius 1 is 0.944 bits per heavy atom. The average Bonchev–Trinajstić information content (AvgIpc) is 3.60. The van der Waals surface area contributed by atoms with Crippen LogP contribution in [0.3, 0.4) is 0 Å². The van der Waals surface area contributed by atoms with E-state index in [-0.39, 0.29) is 60.1 Å². The molecule has 2 aliphatic heterocycles. The standard InChI is InChI=1S/C27H22Cl2N2O5/c1-13-8-18(5-7-20(13)31-25(33)23-14-2-3-15(9-14)24(23)26(31)34)36-27(35)16-10-22(32)30(12-16)21-11-17(28)4-6-19(21)29/h2-8,11,14-16,23-24H,9-10,12H2,1H3/t14-,15-,16-,23-,24+/m0/s1. The van der Waals surface area contributed by atoms with Gasteiger partial charge in [-0.1, -0.05) is 35.4 Å². The number of hydrogen-bond donors (Lipinski definition) is 0. The highest BCUT2D eigenvalue weighted by molar-refractivity contribution is 6.36. The van der Waals surface area contributed by atoms with E-state index >= 15 is 0 Å². The van der Waals surface area contributed by atoms with Crippen LogP contribution in [0.4, 0.5) is 11.4 Å². The molecule has 2 bridgehead atoms. The van der Waals surface area contributed by atoms with Gasteiger partial charge >= 0.3 is 5.97 Å². The molecule has 2 aromatic carbocycles. The van der Waals surface area contributed by atoms with Gasteiger partial charge in [0.05, 0.1) is 34.2 Å². The van der Waals surface area contributed by atoms with Crippen LogP contribution >= 0.6 is 23.2 Å². The van der Waals surface area contributed by atoms with Crippen molar-refractivity contribution in [3.8, 4) is 5.75 Å². The molecule has 0 spiro atoms. The van der Waals surface area contributed by atoms with E-state index in [0.29, 0.717) is 27.0 Å². The van der Waals surface area contributed by atoms with Gasteiger partial charge in [0.25, 0.3) is 0 Å². The van der Waals surface area contributed by atoms with Gasteiger partial charge in [-0.2, -0.15) is 0 Å². The first-order valence-corrected chi connectivity index (χ1v) is 12.6. The summed E-state index contributed by atoms with van der Waals surface area (Å²) in [5.41, 5.74) is 1.62. The number of hydrogen-bond acceptors (Lipinski definition) is 5. The van der Waals surface area contributed by atoms with Gasteiger partial charge in [0, 0.05) is 18.0 Å². The monoisotopic (exact) mass is 524 g/mol. The summed E-state index contributed by atoms with van der Waals surface area (Å²) in [5.74, 6) is -1.76. The molecule has 0 aromatic heterocycles. The lowest BCUT2D eigenvalue weighted by Gasteiger charge is -2.20. The fourth-order valence-corrected chi connectivity index (χ4v) is 6.46. The Hall–Kier alpha value is -3.16. The lowest BCUT2D eigenvalue weighted by atomic mass is 9.85. The third-order valence-corrected chi connectivity index (χ3v) is 8.31. The van der Waals surface area contributed by atoms with Crippen molar-refractivity contribution in [2.45, 2.75) is 19.8 Å². The van der Waals surface area contributed by atoms with Crippen molar-refractivity contribution < 1.29 is 23.9 Å². The van der Waals surface area contributed by atoms with E-state index in [1.54, 1.807) is 43.3 Å². The molecule has 0 N–H and O–H groups in total. The first kappa shape index (κ1) is 23.3. The van der Waals surface area contributed by atoms with Gasteiger partial charge in [0.15, 0.2) is 0 Å². The first-order chi connectivity index (χ1) is 17.2. The average molecular weight is 525 g/mol. The topological polar surface area (TPSA) is 84.0 Å². The number of nitrogens with zero attached hydrogens (tertiary/aromatic N) is 2. The van der Waals surface area contributed by atoms with Crippen LogP contribution in [0, 0.1) is 36.5 Å². The number of carbonyl (C=O) groups excluding carboxylic acids is 4. The maximum absolute atomic E-state index is 13.1. The smallest absolute Gasteiger partial charge is 0.316 e. The van der Waals surface area contributed by atoms with E-state index in [9.17, 15) is 19.2 Å². The van der Waals surface area contributed by atoms with Gasteiger partial charge < -0.3 is 9.64 Å². The number of amides is 3. The molecule has 4 aliphatic rings. The Morgan fingerprint density at radius 3 is 2.31 bits per heavy atom. The molecular weight excluding hydrogens is 503 g/mol. The second-order valence-corrected chi connectivity index (χ2v) is 10.7. The number of aryl methyl sites for hydroxylation is 1. The van der Waals surface area contributed by atoms with Crippen LogP contribution in [-0.4, -0.2) is 30.2 Å². The minimum atomic E-state index is -0.670. The molecule has 2 aliphatic carbocycles. The second-order valence-electron chi connectivity index (χ2n) is 9.88. The van der Waals surface area contributed by atoms with Crippen molar-refractivity contribution in [3.05, 3.63) is 64.2 Å². The third-order valence-electron chi connectivity index (χ3n) is 7.76. The number of esters is 1. The minimum Gasteiger partial charge on any atom is -0.426 e. The van der Waals surface area contributed by atoms with Gasteiger partial charge in [-0.3, -0.25) is 19.2 Å². The van der Waals surface area contributed by atoms with Crippen molar-refractivity contribution in [1.82, 2.24) is 0 Å². The number of carbonyl (C=O) groups is 4. The van der Waals surface area contributed by atoms with Crippen molar-refractivity contribution in [2.75, 3.05) is 16.3 Å². The van der Waals surface area contributed by atoms with Crippen LogP contribution in [0.1, 0.15) is 18.4 Å². The molecule has 6 rings (SSSR count). The molecular formula is C27H22Cl2N2O5. The zero-order valence-electron chi connectivity index (χ0n) is 19.3. The summed E-state index contributed by atoms with van der Waals surface area (Å²) < 4.78 is 5.58. The van der Waals surface area contributed by atoms with Gasteiger partial charge in [0.2, 0.25) is 17.7 Å². The normalized spacial score (nSPS) is 28.4. The molecule has 5 atom stereocenters. The van der Waals surface area contributed by atoms with Gasteiger partial charge in [0.1, 0.15) is 5.75 Å². The largest absolute Gasteiger partial charge is 0.426 e. The summed E-state index contributed by atoms with van der Waals surface area (Å²) in [6.07, 6.45) is 4.99.